The lowest BCUT2D eigenvalue weighted by Gasteiger charge is -2.16. The maximum Gasteiger partial charge on any atom is 0.338 e. The number of benzene rings is 2. The minimum atomic E-state index is -0.656. The van der Waals surface area contributed by atoms with Gasteiger partial charge in [0.2, 0.25) is 5.75 Å². The maximum atomic E-state index is 12.5. The molecule has 30 heavy (non-hydrogen) atoms. The van der Waals surface area contributed by atoms with Crippen LogP contribution in [0.4, 0.5) is 5.69 Å². The highest BCUT2D eigenvalue weighted by Crippen LogP contribution is 2.39. The predicted octanol–water partition coefficient (Wildman–Crippen LogP) is 4.24. The molecule has 0 atom stereocenters. The summed E-state index contributed by atoms with van der Waals surface area (Å²) >= 11 is 0. The second kappa shape index (κ2) is 11.7. The Kier molecular flexibility index (Phi) is 9.00. The van der Waals surface area contributed by atoms with Crippen LogP contribution in [-0.4, -0.2) is 38.3 Å². The number of nitrogens with one attached hydrogen (secondary N) is 1. The van der Waals surface area contributed by atoms with Crippen molar-refractivity contribution in [3.63, 3.8) is 0 Å². The third-order valence-corrected chi connectivity index (χ3v) is 4.13. The fourth-order valence-corrected chi connectivity index (χ4v) is 2.74. The van der Waals surface area contributed by atoms with Gasteiger partial charge >= 0.3 is 5.97 Å². The van der Waals surface area contributed by atoms with E-state index in [1.54, 1.807) is 0 Å². The van der Waals surface area contributed by atoms with E-state index in [-0.39, 0.29) is 5.56 Å². The molecule has 1 N–H and O–H groups in total. The van der Waals surface area contributed by atoms with Crippen molar-refractivity contribution in [2.45, 2.75) is 34.1 Å². The summed E-state index contributed by atoms with van der Waals surface area (Å²) in [5.74, 6) is 0.131. The lowest BCUT2D eigenvalue weighted by atomic mass is 10.1. The zero-order valence-corrected chi connectivity index (χ0v) is 17.9. The Labute approximate surface area is 177 Å². The number of amides is 1. The number of hydrogen-bond donors (Lipinski definition) is 1. The Morgan fingerprint density at radius 2 is 1.40 bits per heavy atom. The van der Waals surface area contributed by atoms with Gasteiger partial charge in [0.05, 0.1) is 25.4 Å². The molecule has 1 amide bonds. The zero-order valence-electron chi connectivity index (χ0n) is 17.9. The van der Waals surface area contributed by atoms with Crippen LogP contribution in [-0.2, 0) is 16.0 Å². The first-order chi connectivity index (χ1) is 14.5. The van der Waals surface area contributed by atoms with Crippen LogP contribution in [0, 0.1) is 0 Å². The number of carbonyl (C=O) groups is 2. The molecule has 7 heteroatoms. The summed E-state index contributed by atoms with van der Waals surface area (Å²) in [4.78, 5) is 24.6. The van der Waals surface area contributed by atoms with Gasteiger partial charge in [0.25, 0.3) is 5.91 Å². The molecule has 7 nitrogen and oxygen atoms in total. The molecule has 0 aliphatic rings. The average molecular weight is 415 g/mol. The molecule has 0 spiro atoms. The molecular formula is C23H29NO6. The van der Waals surface area contributed by atoms with Crippen molar-refractivity contribution in [1.82, 2.24) is 0 Å². The molecule has 0 aromatic heterocycles. The van der Waals surface area contributed by atoms with Gasteiger partial charge in [-0.3, -0.25) is 4.79 Å². The third kappa shape index (κ3) is 6.40. The van der Waals surface area contributed by atoms with Crippen LogP contribution in [0.15, 0.2) is 36.4 Å². The molecule has 2 aromatic rings. The SMILES string of the molecule is CCOc1cc(C(=O)OCC(=O)Nc2ccc(CC)cc2)cc(OCC)c1OCC. The number of ether oxygens (including phenoxy) is 4. The fraction of sp³-hybridized carbons (Fsp3) is 0.391. The van der Waals surface area contributed by atoms with Crippen LogP contribution in [0.5, 0.6) is 17.2 Å². The monoisotopic (exact) mass is 415 g/mol. The second-order valence-electron chi connectivity index (χ2n) is 6.28. The standard InChI is InChI=1S/C23H29NO6/c1-5-16-9-11-18(12-10-16)24-21(25)15-30-23(26)17-13-19(27-6-2)22(29-8-4)20(14-17)28-7-3/h9-14H,5-8,15H2,1-4H3,(H,24,25). The van der Waals surface area contributed by atoms with Crippen molar-refractivity contribution in [2.75, 3.05) is 31.7 Å². The normalized spacial score (nSPS) is 10.3. The average Bonchev–Trinajstić information content (AvgIpc) is 2.75. The van der Waals surface area contributed by atoms with E-state index in [2.05, 4.69) is 12.2 Å². The second-order valence-corrected chi connectivity index (χ2v) is 6.28. The molecule has 0 saturated heterocycles. The smallest absolute Gasteiger partial charge is 0.338 e. The van der Waals surface area contributed by atoms with Gasteiger partial charge in [0.15, 0.2) is 18.1 Å². The third-order valence-electron chi connectivity index (χ3n) is 4.13. The zero-order chi connectivity index (χ0) is 21.9. The molecule has 2 rings (SSSR count). The van der Waals surface area contributed by atoms with Crippen LogP contribution in [0.1, 0.15) is 43.6 Å². The number of hydrogen-bond acceptors (Lipinski definition) is 6. The molecule has 0 aliphatic carbocycles. The van der Waals surface area contributed by atoms with Gasteiger partial charge in [-0.05, 0) is 57.0 Å². The van der Waals surface area contributed by atoms with Gasteiger partial charge in [-0.2, -0.15) is 0 Å². The highest BCUT2D eigenvalue weighted by molar-refractivity contribution is 5.96. The largest absolute Gasteiger partial charge is 0.490 e. The Bertz CT molecular complexity index is 820. The van der Waals surface area contributed by atoms with E-state index in [0.717, 1.165) is 6.42 Å². The van der Waals surface area contributed by atoms with Crippen molar-refractivity contribution in [2.24, 2.45) is 0 Å². The number of anilines is 1. The number of rotatable bonds is 11. The van der Waals surface area contributed by atoms with Crippen LogP contribution in [0.3, 0.4) is 0 Å². The molecule has 0 unspecified atom stereocenters. The summed E-state index contributed by atoms with van der Waals surface area (Å²) < 4.78 is 22.0. The summed E-state index contributed by atoms with van der Waals surface area (Å²) in [5.41, 5.74) is 2.03. The van der Waals surface area contributed by atoms with E-state index in [0.29, 0.717) is 42.8 Å². The molecule has 0 saturated carbocycles. The first-order valence-corrected chi connectivity index (χ1v) is 10.1. The first kappa shape index (κ1) is 23.1. The first-order valence-electron chi connectivity index (χ1n) is 10.1. The van der Waals surface area contributed by atoms with Crippen molar-refractivity contribution in [1.29, 1.82) is 0 Å². The van der Waals surface area contributed by atoms with Crippen LogP contribution in [0.2, 0.25) is 0 Å². The summed E-state index contributed by atoms with van der Waals surface area (Å²) in [7, 11) is 0. The van der Waals surface area contributed by atoms with Crippen molar-refractivity contribution >= 4 is 17.6 Å². The predicted molar refractivity (Wildman–Crippen MR) is 115 cm³/mol. The Balaban J connectivity index is 2.08. The molecule has 0 fully saturated rings. The number of carbonyl (C=O) groups excluding carboxylic acids is 2. The van der Waals surface area contributed by atoms with E-state index >= 15 is 0 Å². The van der Waals surface area contributed by atoms with Crippen molar-refractivity contribution in [3.8, 4) is 17.2 Å². The van der Waals surface area contributed by atoms with Gasteiger partial charge in [-0.25, -0.2) is 4.79 Å². The van der Waals surface area contributed by atoms with Gasteiger partial charge in [-0.15, -0.1) is 0 Å². The van der Waals surface area contributed by atoms with Crippen molar-refractivity contribution < 1.29 is 28.5 Å². The van der Waals surface area contributed by atoms with E-state index < -0.39 is 18.5 Å². The minimum Gasteiger partial charge on any atom is -0.490 e. The maximum absolute atomic E-state index is 12.5. The summed E-state index contributed by atoms with van der Waals surface area (Å²) in [6, 6.07) is 10.6. The minimum absolute atomic E-state index is 0.213. The molecule has 162 valence electrons. The van der Waals surface area contributed by atoms with E-state index in [4.69, 9.17) is 18.9 Å². The van der Waals surface area contributed by atoms with E-state index in [1.807, 2.05) is 45.0 Å². The molecular weight excluding hydrogens is 386 g/mol. The topological polar surface area (TPSA) is 83.1 Å². The molecule has 0 heterocycles. The summed E-state index contributed by atoms with van der Waals surface area (Å²) in [6.45, 7) is 8.37. The van der Waals surface area contributed by atoms with Crippen molar-refractivity contribution in [3.05, 3.63) is 47.5 Å². The van der Waals surface area contributed by atoms with E-state index in [9.17, 15) is 9.59 Å². The molecule has 2 aromatic carbocycles. The van der Waals surface area contributed by atoms with Crippen LogP contribution >= 0.6 is 0 Å². The lowest BCUT2D eigenvalue weighted by Crippen LogP contribution is -2.21. The highest BCUT2D eigenvalue weighted by atomic mass is 16.5. The highest BCUT2D eigenvalue weighted by Gasteiger charge is 2.20. The quantitative estimate of drug-likeness (QED) is 0.553. The number of esters is 1. The fourth-order valence-electron chi connectivity index (χ4n) is 2.74. The molecule has 0 radical (unpaired) electrons. The van der Waals surface area contributed by atoms with Gasteiger partial charge in [-0.1, -0.05) is 19.1 Å². The van der Waals surface area contributed by atoms with Crippen LogP contribution < -0.4 is 19.5 Å². The molecule has 0 bridgehead atoms. The van der Waals surface area contributed by atoms with Gasteiger partial charge in [0, 0.05) is 5.69 Å². The summed E-state index contributed by atoms with van der Waals surface area (Å²) in [5, 5.41) is 2.70. The molecule has 0 aliphatic heterocycles. The van der Waals surface area contributed by atoms with E-state index in [1.165, 1.54) is 17.7 Å². The Hall–Kier alpha value is -3.22. The van der Waals surface area contributed by atoms with Gasteiger partial charge in [0.1, 0.15) is 0 Å². The Morgan fingerprint density at radius 1 is 0.833 bits per heavy atom. The van der Waals surface area contributed by atoms with Crippen LogP contribution in [0.25, 0.3) is 0 Å². The Morgan fingerprint density at radius 3 is 1.90 bits per heavy atom. The van der Waals surface area contributed by atoms with Gasteiger partial charge < -0.3 is 24.3 Å². The summed E-state index contributed by atoms with van der Waals surface area (Å²) in [6.07, 6.45) is 0.918. The lowest BCUT2D eigenvalue weighted by molar-refractivity contribution is -0.119. The number of aryl methyl sites for hydroxylation is 1.